The Labute approximate surface area is 256 Å². The Balaban J connectivity index is 2.09. The van der Waals surface area contributed by atoms with Crippen LogP contribution in [0.2, 0.25) is 5.02 Å². The van der Waals surface area contributed by atoms with Gasteiger partial charge in [-0.05, 0) is 55.3 Å². The number of sulfonamides is 1. The highest BCUT2D eigenvalue weighted by atomic mass is 79.9. The van der Waals surface area contributed by atoms with Crippen molar-refractivity contribution < 1.29 is 31.2 Å². The van der Waals surface area contributed by atoms with Gasteiger partial charge < -0.3 is 10.2 Å². The van der Waals surface area contributed by atoms with E-state index in [1.54, 1.807) is 62.4 Å². The standard InChI is InChI=1S/C29H30BrClF3N3O4S/c1-19(2)35-28(39)26(15-20-7-5-4-6-8-20)36(17-21-9-11-22(30)12-10-21)27(38)18-37(42(3,40)41)23-13-14-25(31)24(16-23)29(32,33)34/h4-14,16,19,26H,15,17-18H2,1-3H3,(H,35,39). The predicted octanol–water partition coefficient (Wildman–Crippen LogP) is 6.05. The maximum Gasteiger partial charge on any atom is 0.417 e. The van der Waals surface area contributed by atoms with Crippen molar-refractivity contribution in [3.63, 3.8) is 0 Å². The van der Waals surface area contributed by atoms with Gasteiger partial charge in [-0.25, -0.2) is 8.42 Å². The minimum absolute atomic E-state index is 0.0683. The summed E-state index contributed by atoms with van der Waals surface area (Å²) in [7, 11) is -4.26. The Morgan fingerprint density at radius 1 is 0.976 bits per heavy atom. The monoisotopic (exact) mass is 687 g/mol. The van der Waals surface area contributed by atoms with Crippen LogP contribution in [0.25, 0.3) is 0 Å². The van der Waals surface area contributed by atoms with E-state index < -0.39 is 56.9 Å². The van der Waals surface area contributed by atoms with Crippen LogP contribution in [0.3, 0.4) is 0 Å². The van der Waals surface area contributed by atoms with Crippen molar-refractivity contribution in [2.75, 3.05) is 17.1 Å². The molecule has 0 spiro atoms. The summed E-state index contributed by atoms with van der Waals surface area (Å²) in [6, 6.07) is 17.3. The highest BCUT2D eigenvalue weighted by Crippen LogP contribution is 2.37. The molecular formula is C29H30BrClF3N3O4S. The lowest BCUT2D eigenvalue weighted by atomic mass is 10.0. The molecular weight excluding hydrogens is 659 g/mol. The highest BCUT2D eigenvalue weighted by Gasteiger charge is 2.36. The normalized spacial score (nSPS) is 12.6. The minimum Gasteiger partial charge on any atom is -0.352 e. The van der Waals surface area contributed by atoms with E-state index in [1.165, 1.54) is 4.90 Å². The zero-order chi connectivity index (χ0) is 31.2. The molecule has 0 aliphatic heterocycles. The molecule has 226 valence electrons. The van der Waals surface area contributed by atoms with E-state index in [0.717, 1.165) is 28.4 Å². The van der Waals surface area contributed by atoms with Crippen LogP contribution in [0.5, 0.6) is 0 Å². The van der Waals surface area contributed by atoms with Gasteiger partial charge in [0.25, 0.3) is 0 Å². The topological polar surface area (TPSA) is 86.8 Å². The first-order chi connectivity index (χ1) is 19.6. The number of rotatable bonds is 11. The Bertz CT molecular complexity index is 1500. The number of hydrogen-bond acceptors (Lipinski definition) is 4. The van der Waals surface area contributed by atoms with E-state index >= 15 is 0 Å². The first kappa shape index (κ1) is 33.4. The van der Waals surface area contributed by atoms with E-state index in [-0.39, 0.29) is 19.0 Å². The molecule has 3 rings (SSSR count). The van der Waals surface area contributed by atoms with Gasteiger partial charge in [0.2, 0.25) is 21.8 Å². The van der Waals surface area contributed by atoms with Crippen molar-refractivity contribution >= 4 is 55.1 Å². The Kier molecular flexibility index (Phi) is 11.1. The van der Waals surface area contributed by atoms with Gasteiger partial charge in [0, 0.05) is 23.5 Å². The third-order valence-corrected chi connectivity index (χ3v) is 8.19. The Morgan fingerprint density at radius 2 is 1.60 bits per heavy atom. The lowest BCUT2D eigenvalue weighted by Gasteiger charge is -2.34. The van der Waals surface area contributed by atoms with Crippen LogP contribution in [0.4, 0.5) is 18.9 Å². The van der Waals surface area contributed by atoms with Crippen LogP contribution in [0.15, 0.2) is 77.3 Å². The molecule has 1 unspecified atom stereocenters. The molecule has 0 aliphatic rings. The van der Waals surface area contributed by atoms with Crippen molar-refractivity contribution in [2.24, 2.45) is 0 Å². The Hall–Kier alpha value is -3.09. The summed E-state index contributed by atoms with van der Waals surface area (Å²) in [5.41, 5.74) is -0.230. The van der Waals surface area contributed by atoms with E-state index in [2.05, 4.69) is 21.2 Å². The van der Waals surface area contributed by atoms with Crippen molar-refractivity contribution in [1.29, 1.82) is 0 Å². The fourth-order valence-corrected chi connectivity index (χ4v) is 5.55. The molecule has 3 aromatic carbocycles. The number of nitrogens with one attached hydrogen (secondary N) is 1. The van der Waals surface area contributed by atoms with Gasteiger partial charge in [0.05, 0.1) is 22.5 Å². The van der Waals surface area contributed by atoms with Crippen LogP contribution >= 0.6 is 27.5 Å². The highest BCUT2D eigenvalue weighted by molar-refractivity contribution is 9.10. The van der Waals surface area contributed by atoms with Gasteiger partial charge in [-0.15, -0.1) is 0 Å². The average Bonchev–Trinajstić information content (AvgIpc) is 2.89. The van der Waals surface area contributed by atoms with Crippen LogP contribution < -0.4 is 9.62 Å². The summed E-state index contributed by atoms with van der Waals surface area (Å²) in [6.45, 7) is 2.61. The van der Waals surface area contributed by atoms with Gasteiger partial charge in [0.1, 0.15) is 12.6 Å². The van der Waals surface area contributed by atoms with Crippen molar-refractivity contribution in [2.45, 2.75) is 45.1 Å². The largest absolute Gasteiger partial charge is 0.417 e. The number of hydrogen-bond donors (Lipinski definition) is 1. The molecule has 0 saturated carbocycles. The second-order valence-corrected chi connectivity index (χ2v) is 13.2. The molecule has 42 heavy (non-hydrogen) atoms. The fraction of sp³-hybridized carbons (Fsp3) is 0.310. The number of anilines is 1. The third kappa shape index (κ3) is 9.20. The van der Waals surface area contributed by atoms with E-state index in [4.69, 9.17) is 11.6 Å². The number of alkyl halides is 3. The molecule has 13 heteroatoms. The number of carbonyl (C=O) groups excluding carboxylic acids is 2. The third-order valence-electron chi connectivity index (χ3n) is 6.19. The minimum atomic E-state index is -4.86. The smallest absolute Gasteiger partial charge is 0.352 e. The molecule has 0 saturated heterocycles. The quantitative estimate of drug-likeness (QED) is 0.266. The zero-order valence-corrected chi connectivity index (χ0v) is 26.2. The first-order valence-electron chi connectivity index (χ1n) is 12.8. The molecule has 3 aromatic rings. The molecule has 0 aromatic heterocycles. The predicted molar refractivity (Wildman–Crippen MR) is 161 cm³/mol. The summed E-state index contributed by atoms with van der Waals surface area (Å²) in [5, 5.41) is 2.21. The van der Waals surface area contributed by atoms with Crippen LogP contribution in [0, 0.1) is 0 Å². The zero-order valence-electron chi connectivity index (χ0n) is 23.0. The summed E-state index contributed by atoms with van der Waals surface area (Å²) in [5.74, 6) is -1.25. The van der Waals surface area contributed by atoms with Crippen molar-refractivity contribution in [3.05, 3.63) is 99.0 Å². The number of benzene rings is 3. The van der Waals surface area contributed by atoms with Crippen molar-refractivity contribution in [3.8, 4) is 0 Å². The van der Waals surface area contributed by atoms with E-state index in [1.807, 2.05) is 6.07 Å². The fourth-order valence-electron chi connectivity index (χ4n) is 4.22. The second-order valence-electron chi connectivity index (χ2n) is 9.95. The summed E-state index contributed by atoms with van der Waals surface area (Å²) in [4.78, 5) is 28.8. The maximum atomic E-state index is 14.0. The second kappa shape index (κ2) is 13.9. The average molecular weight is 689 g/mol. The van der Waals surface area contributed by atoms with Gasteiger partial charge in [-0.1, -0.05) is 70.0 Å². The molecule has 0 radical (unpaired) electrons. The van der Waals surface area contributed by atoms with Gasteiger partial charge in [-0.3, -0.25) is 13.9 Å². The SMILES string of the molecule is CC(C)NC(=O)C(Cc1ccccc1)N(Cc1ccc(Br)cc1)C(=O)CN(c1ccc(Cl)c(C(F)(F)F)c1)S(C)(=O)=O. The summed E-state index contributed by atoms with van der Waals surface area (Å²) >= 11 is 9.10. The van der Waals surface area contributed by atoms with Crippen LogP contribution in [-0.4, -0.2) is 50.0 Å². The summed E-state index contributed by atoms with van der Waals surface area (Å²) in [6.07, 6.45) is -3.96. The molecule has 1 atom stereocenters. The van der Waals surface area contributed by atoms with E-state index in [0.29, 0.717) is 15.9 Å². The maximum absolute atomic E-state index is 14.0. The number of amides is 2. The first-order valence-corrected chi connectivity index (χ1v) is 15.8. The van der Waals surface area contributed by atoms with Crippen molar-refractivity contribution in [1.82, 2.24) is 10.2 Å². The molecule has 0 heterocycles. The summed E-state index contributed by atoms with van der Waals surface area (Å²) < 4.78 is 67.8. The van der Waals surface area contributed by atoms with Crippen LogP contribution in [-0.2, 0) is 38.8 Å². The molecule has 0 fully saturated rings. The number of nitrogens with zero attached hydrogens (tertiary/aromatic N) is 2. The molecule has 0 aliphatic carbocycles. The van der Waals surface area contributed by atoms with E-state index in [9.17, 15) is 31.2 Å². The Morgan fingerprint density at radius 3 is 2.14 bits per heavy atom. The lowest BCUT2D eigenvalue weighted by Crippen LogP contribution is -2.54. The molecule has 2 amide bonds. The lowest BCUT2D eigenvalue weighted by molar-refractivity contribution is -0.140. The molecule has 0 bridgehead atoms. The van der Waals surface area contributed by atoms with Gasteiger partial charge in [0.15, 0.2) is 0 Å². The van der Waals surface area contributed by atoms with Gasteiger partial charge in [-0.2, -0.15) is 13.2 Å². The molecule has 7 nitrogen and oxygen atoms in total. The number of carbonyl (C=O) groups is 2. The number of halogens is 5. The molecule has 1 N–H and O–H groups in total. The van der Waals surface area contributed by atoms with Crippen LogP contribution in [0.1, 0.15) is 30.5 Å². The van der Waals surface area contributed by atoms with Gasteiger partial charge >= 0.3 is 6.18 Å².